The number of piperidine rings is 1. The van der Waals surface area contributed by atoms with Crippen molar-refractivity contribution >= 4 is 17.8 Å². The maximum Gasteiger partial charge on any atom is 0.490 e. The number of aromatic nitrogens is 1. The molecule has 1 amide bonds. The molecule has 2 aliphatic heterocycles. The number of aliphatic carboxylic acids is 2. The molecule has 210 valence electrons. The Morgan fingerprint density at radius 1 is 0.973 bits per heavy atom. The molecule has 0 saturated carbocycles. The number of carbonyl (C=O) groups excluding carboxylic acids is 1. The first-order valence-corrected chi connectivity index (χ1v) is 11.2. The van der Waals surface area contributed by atoms with Crippen LogP contribution in [-0.4, -0.2) is 112 Å². The molecule has 2 fully saturated rings. The van der Waals surface area contributed by atoms with E-state index >= 15 is 0 Å². The summed E-state index contributed by atoms with van der Waals surface area (Å²) in [7, 11) is 4.27. The smallest absolute Gasteiger partial charge is 0.475 e. The minimum atomic E-state index is -5.08. The fourth-order valence-corrected chi connectivity index (χ4v) is 4.03. The Balaban J connectivity index is 0.000000404. The van der Waals surface area contributed by atoms with Gasteiger partial charge in [-0.15, -0.1) is 0 Å². The van der Waals surface area contributed by atoms with Gasteiger partial charge in [0.2, 0.25) is 0 Å². The first-order chi connectivity index (χ1) is 17.0. The van der Waals surface area contributed by atoms with Crippen molar-refractivity contribution < 1.29 is 50.9 Å². The minimum Gasteiger partial charge on any atom is -0.475 e. The molecule has 15 heteroatoms. The monoisotopic (exact) mass is 544 g/mol. The van der Waals surface area contributed by atoms with Gasteiger partial charge in [-0.25, -0.2) is 9.59 Å². The first-order valence-electron chi connectivity index (χ1n) is 11.2. The van der Waals surface area contributed by atoms with Crippen LogP contribution in [0.5, 0.6) is 0 Å². The van der Waals surface area contributed by atoms with Crippen molar-refractivity contribution in [2.75, 3.05) is 46.8 Å². The van der Waals surface area contributed by atoms with Crippen LogP contribution in [0, 0.1) is 0 Å². The van der Waals surface area contributed by atoms with Gasteiger partial charge in [0, 0.05) is 44.1 Å². The summed E-state index contributed by atoms with van der Waals surface area (Å²) in [6, 6.07) is 3.69. The summed E-state index contributed by atoms with van der Waals surface area (Å²) in [6.07, 6.45) is -1.99. The van der Waals surface area contributed by atoms with Crippen molar-refractivity contribution in [2.24, 2.45) is 0 Å². The van der Waals surface area contributed by atoms with Crippen molar-refractivity contribution in [1.82, 2.24) is 19.7 Å². The van der Waals surface area contributed by atoms with Gasteiger partial charge in [0.25, 0.3) is 5.91 Å². The Hall–Kier alpha value is -2.94. The van der Waals surface area contributed by atoms with E-state index in [4.69, 9.17) is 19.8 Å². The Kier molecular flexibility index (Phi) is 11.8. The lowest BCUT2D eigenvalue weighted by molar-refractivity contribution is -0.193. The lowest BCUT2D eigenvalue weighted by Crippen LogP contribution is -2.54. The number of carbonyl (C=O) groups is 3. The van der Waals surface area contributed by atoms with Gasteiger partial charge in [0.15, 0.2) is 0 Å². The topological polar surface area (TPSA) is 114 Å². The van der Waals surface area contributed by atoms with Gasteiger partial charge in [0.1, 0.15) is 0 Å². The highest BCUT2D eigenvalue weighted by Crippen LogP contribution is 2.38. The molecule has 2 aliphatic rings. The summed E-state index contributed by atoms with van der Waals surface area (Å²) in [4.78, 5) is 41.4. The van der Waals surface area contributed by atoms with E-state index in [1.165, 1.54) is 19.4 Å². The molecule has 3 rings (SSSR count). The summed E-state index contributed by atoms with van der Waals surface area (Å²) in [5.74, 6) is -5.38. The number of carboxylic acids is 2. The van der Waals surface area contributed by atoms with E-state index < -0.39 is 24.3 Å². The number of pyridine rings is 1. The Morgan fingerprint density at radius 3 is 1.89 bits per heavy atom. The lowest BCUT2D eigenvalue weighted by atomic mass is 9.84. The number of halogens is 6. The molecule has 0 atom stereocenters. The third kappa shape index (κ3) is 10.5. The minimum absolute atomic E-state index is 0.130. The number of nitrogens with zero attached hydrogens (tertiary/aromatic N) is 4. The molecule has 1 aromatic rings. The molecule has 0 aromatic carbocycles. The second kappa shape index (κ2) is 13.6. The summed E-state index contributed by atoms with van der Waals surface area (Å²) >= 11 is 0. The SMILES string of the molecule is CN(C)CCN1CCCC12CCN(C(=O)c1cccnc1)CC2.O=C(O)C(F)(F)F.O=C(O)C(F)(F)F. The maximum absolute atomic E-state index is 12.6. The molecular formula is C22H30F6N4O5. The van der Waals surface area contributed by atoms with Gasteiger partial charge in [0.05, 0.1) is 5.56 Å². The Morgan fingerprint density at radius 2 is 1.49 bits per heavy atom. The summed E-state index contributed by atoms with van der Waals surface area (Å²) < 4.78 is 63.5. The van der Waals surface area contributed by atoms with Gasteiger partial charge in [-0.2, -0.15) is 26.3 Å². The van der Waals surface area contributed by atoms with Crippen LogP contribution in [-0.2, 0) is 9.59 Å². The van der Waals surface area contributed by atoms with Gasteiger partial charge in [-0.1, -0.05) is 0 Å². The van der Waals surface area contributed by atoms with Crippen molar-refractivity contribution in [3.63, 3.8) is 0 Å². The van der Waals surface area contributed by atoms with E-state index in [0.717, 1.165) is 39.0 Å². The highest BCUT2D eigenvalue weighted by atomic mass is 19.4. The summed E-state index contributed by atoms with van der Waals surface area (Å²) in [5, 5.41) is 14.2. The zero-order chi connectivity index (χ0) is 28.4. The van der Waals surface area contributed by atoms with Crippen molar-refractivity contribution in [1.29, 1.82) is 0 Å². The number of rotatable bonds is 4. The fourth-order valence-electron chi connectivity index (χ4n) is 4.03. The van der Waals surface area contributed by atoms with Crippen LogP contribution in [0.4, 0.5) is 26.3 Å². The molecule has 0 bridgehead atoms. The van der Waals surface area contributed by atoms with Crippen molar-refractivity contribution in [3.8, 4) is 0 Å². The van der Waals surface area contributed by atoms with E-state index in [0.29, 0.717) is 11.1 Å². The van der Waals surface area contributed by atoms with E-state index in [2.05, 4.69) is 28.9 Å². The fraction of sp³-hybridized carbons (Fsp3) is 0.636. The quantitative estimate of drug-likeness (QED) is 0.557. The Bertz CT molecular complexity index is 864. The van der Waals surface area contributed by atoms with Gasteiger partial charge >= 0.3 is 24.3 Å². The summed E-state index contributed by atoms with van der Waals surface area (Å²) in [6.45, 7) is 5.20. The van der Waals surface area contributed by atoms with Crippen LogP contribution < -0.4 is 0 Å². The van der Waals surface area contributed by atoms with Crippen LogP contribution in [0.25, 0.3) is 0 Å². The molecule has 2 saturated heterocycles. The second-order valence-electron chi connectivity index (χ2n) is 8.76. The molecule has 0 aliphatic carbocycles. The molecule has 37 heavy (non-hydrogen) atoms. The third-order valence-electron chi connectivity index (χ3n) is 5.93. The number of likely N-dealkylation sites (tertiary alicyclic amines) is 2. The van der Waals surface area contributed by atoms with Crippen molar-refractivity contribution in [3.05, 3.63) is 30.1 Å². The number of alkyl halides is 6. The van der Waals surface area contributed by atoms with Crippen LogP contribution in [0.2, 0.25) is 0 Å². The average molecular weight is 544 g/mol. The molecular weight excluding hydrogens is 514 g/mol. The van der Waals surface area contributed by atoms with Crippen molar-refractivity contribution in [2.45, 2.75) is 43.6 Å². The van der Waals surface area contributed by atoms with E-state index in [-0.39, 0.29) is 5.91 Å². The zero-order valence-electron chi connectivity index (χ0n) is 20.3. The Labute approximate surface area is 209 Å². The van der Waals surface area contributed by atoms with Gasteiger partial charge < -0.3 is 20.0 Å². The normalized spacial score (nSPS) is 17.5. The second-order valence-corrected chi connectivity index (χ2v) is 8.76. The van der Waals surface area contributed by atoms with Gasteiger partial charge in [-0.3, -0.25) is 14.7 Å². The number of amides is 1. The highest BCUT2D eigenvalue weighted by molar-refractivity contribution is 5.93. The first kappa shape index (κ1) is 32.1. The molecule has 1 aromatic heterocycles. The predicted molar refractivity (Wildman–Crippen MR) is 119 cm³/mol. The molecule has 0 unspecified atom stereocenters. The average Bonchev–Trinajstić information content (AvgIpc) is 3.19. The standard InChI is InChI=1S/C18H28N4O.2C2HF3O2/c1-20(2)13-14-22-10-4-6-18(22)7-11-21(12-8-18)17(23)16-5-3-9-19-15-16;2*3-2(4,5)1(6)7/h3,5,9,15H,4,6-8,10-14H2,1-2H3;2*(H,6,7). The number of likely N-dealkylation sites (N-methyl/N-ethyl adjacent to an activating group) is 1. The predicted octanol–water partition coefficient (Wildman–Crippen LogP) is 2.98. The van der Waals surface area contributed by atoms with Crippen LogP contribution in [0.3, 0.4) is 0 Å². The van der Waals surface area contributed by atoms with E-state index in [1.54, 1.807) is 12.4 Å². The maximum atomic E-state index is 12.6. The van der Waals surface area contributed by atoms with E-state index in [1.807, 2.05) is 17.0 Å². The van der Waals surface area contributed by atoms with Gasteiger partial charge in [-0.05, 0) is 58.5 Å². The number of hydrogen-bond donors (Lipinski definition) is 2. The molecule has 1 spiro atoms. The number of carboxylic acid groups (broad SMARTS) is 2. The molecule has 2 N–H and O–H groups in total. The number of hydrogen-bond acceptors (Lipinski definition) is 6. The van der Waals surface area contributed by atoms with E-state index in [9.17, 15) is 31.1 Å². The molecule has 3 heterocycles. The zero-order valence-corrected chi connectivity index (χ0v) is 20.3. The van der Waals surface area contributed by atoms with Crippen LogP contribution in [0.1, 0.15) is 36.0 Å². The highest BCUT2D eigenvalue weighted by Gasteiger charge is 2.43. The molecule has 9 nitrogen and oxygen atoms in total. The molecule has 0 radical (unpaired) electrons. The lowest BCUT2D eigenvalue weighted by Gasteiger charge is -2.45. The summed E-state index contributed by atoms with van der Waals surface area (Å²) in [5.41, 5.74) is 1.04. The van der Waals surface area contributed by atoms with Crippen LogP contribution in [0.15, 0.2) is 24.5 Å². The third-order valence-corrected chi connectivity index (χ3v) is 5.93. The van der Waals surface area contributed by atoms with Crippen LogP contribution >= 0.6 is 0 Å². The largest absolute Gasteiger partial charge is 0.490 e.